The molecule has 4 nitrogen and oxygen atoms in total. The van der Waals surface area contributed by atoms with Crippen LogP contribution in [0.3, 0.4) is 0 Å². The van der Waals surface area contributed by atoms with Crippen molar-refractivity contribution in [3.63, 3.8) is 0 Å². The highest BCUT2D eigenvalue weighted by atomic mass is 35.5. The highest BCUT2D eigenvalue weighted by Crippen LogP contribution is 2.36. The van der Waals surface area contributed by atoms with E-state index in [1.54, 1.807) is 19.9 Å². The molecule has 0 radical (unpaired) electrons. The fourth-order valence-corrected chi connectivity index (χ4v) is 1.87. The molecule has 1 aromatic carbocycles. The monoisotopic (exact) mass is 243 g/mol. The summed E-state index contributed by atoms with van der Waals surface area (Å²) in [5, 5.41) is 18.7. The number of carboxylic acids is 1. The van der Waals surface area contributed by atoms with Crippen LogP contribution in [0.1, 0.15) is 29.2 Å². The van der Waals surface area contributed by atoms with Gasteiger partial charge in [0.1, 0.15) is 5.75 Å². The van der Waals surface area contributed by atoms with Crippen molar-refractivity contribution in [2.24, 2.45) is 5.73 Å². The maximum absolute atomic E-state index is 10.6. The van der Waals surface area contributed by atoms with Crippen molar-refractivity contribution >= 4 is 17.6 Å². The Kier molecular flexibility index (Phi) is 3.78. The summed E-state index contributed by atoms with van der Waals surface area (Å²) in [6.45, 7) is 3.53. The standard InChI is InChI=1S/C11H14ClNO3/c1-5-3-6(2)10(12)11(16)9(5)7(13)4-8(14)15/h3,7,16H,4,13H2,1-2H3,(H,14,15). The van der Waals surface area contributed by atoms with Gasteiger partial charge < -0.3 is 15.9 Å². The molecule has 1 atom stereocenters. The SMILES string of the molecule is Cc1cc(C)c(C(N)CC(=O)O)c(O)c1Cl. The van der Waals surface area contributed by atoms with E-state index in [9.17, 15) is 9.90 Å². The molecule has 1 aromatic rings. The summed E-state index contributed by atoms with van der Waals surface area (Å²) in [4.78, 5) is 10.6. The van der Waals surface area contributed by atoms with Gasteiger partial charge in [0.15, 0.2) is 0 Å². The molecular weight excluding hydrogens is 230 g/mol. The Morgan fingerprint density at radius 3 is 2.56 bits per heavy atom. The van der Waals surface area contributed by atoms with Gasteiger partial charge in [-0.1, -0.05) is 17.7 Å². The Bertz CT molecular complexity index is 432. The maximum Gasteiger partial charge on any atom is 0.305 e. The van der Waals surface area contributed by atoms with Crippen LogP contribution in [0, 0.1) is 13.8 Å². The number of phenols is 1. The summed E-state index contributed by atoms with van der Waals surface area (Å²) in [6, 6.07) is 1.02. The predicted octanol–water partition coefficient (Wildman–Crippen LogP) is 2.14. The van der Waals surface area contributed by atoms with Gasteiger partial charge in [-0.2, -0.15) is 0 Å². The van der Waals surface area contributed by atoms with Crippen molar-refractivity contribution in [1.82, 2.24) is 0 Å². The molecule has 0 spiro atoms. The zero-order valence-electron chi connectivity index (χ0n) is 9.12. The van der Waals surface area contributed by atoms with Gasteiger partial charge in [-0.15, -0.1) is 0 Å². The fraction of sp³-hybridized carbons (Fsp3) is 0.364. The first-order valence-electron chi connectivity index (χ1n) is 4.80. The van der Waals surface area contributed by atoms with Gasteiger partial charge in [0.05, 0.1) is 11.4 Å². The summed E-state index contributed by atoms with van der Waals surface area (Å²) in [6.07, 6.45) is -0.242. The number of aryl methyl sites for hydroxylation is 2. The largest absolute Gasteiger partial charge is 0.506 e. The minimum Gasteiger partial charge on any atom is -0.506 e. The van der Waals surface area contributed by atoms with Crippen LogP contribution in [-0.2, 0) is 4.79 Å². The second-order valence-electron chi connectivity index (χ2n) is 3.79. The number of halogens is 1. The van der Waals surface area contributed by atoms with Crippen LogP contribution >= 0.6 is 11.6 Å². The van der Waals surface area contributed by atoms with Crippen LogP contribution < -0.4 is 5.73 Å². The molecule has 1 unspecified atom stereocenters. The molecule has 88 valence electrons. The summed E-state index contributed by atoms with van der Waals surface area (Å²) in [7, 11) is 0. The third-order valence-electron chi connectivity index (χ3n) is 2.43. The highest BCUT2D eigenvalue weighted by molar-refractivity contribution is 6.32. The van der Waals surface area contributed by atoms with E-state index < -0.39 is 12.0 Å². The third-order valence-corrected chi connectivity index (χ3v) is 2.91. The van der Waals surface area contributed by atoms with Crippen LogP contribution in [0.25, 0.3) is 0 Å². The molecule has 0 heterocycles. The van der Waals surface area contributed by atoms with E-state index in [2.05, 4.69) is 0 Å². The lowest BCUT2D eigenvalue weighted by Crippen LogP contribution is -2.16. The van der Waals surface area contributed by atoms with Crippen molar-refractivity contribution < 1.29 is 15.0 Å². The summed E-state index contributed by atoms with van der Waals surface area (Å²) in [5.74, 6) is -1.13. The van der Waals surface area contributed by atoms with Crippen molar-refractivity contribution in [2.75, 3.05) is 0 Å². The maximum atomic E-state index is 10.6. The summed E-state index contributed by atoms with van der Waals surface area (Å²) < 4.78 is 0. The minimum absolute atomic E-state index is 0.118. The number of aromatic hydroxyl groups is 1. The van der Waals surface area contributed by atoms with Crippen molar-refractivity contribution in [3.05, 3.63) is 27.8 Å². The van der Waals surface area contributed by atoms with Gasteiger partial charge in [-0.05, 0) is 25.0 Å². The van der Waals surface area contributed by atoms with Gasteiger partial charge in [0.25, 0.3) is 0 Å². The molecule has 0 aliphatic heterocycles. The first-order chi connectivity index (χ1) is 7.34. The van der Waals surface area contributed by atoms with E-state index >= 15 is 0 Å². The summed E-state index contributed by atoms with van der Waals surface area (Å²) in [5.41, 5.74) is 7.60. The van der Waals surface area contributed by atoms with Gasteiger partial charge >= 0.3 is 5.97 Å². The molecule has 0 fully saturated rings. The molecule has 16 heavy (non-hydrogen) atoms. The Morgan fingerprint density at radius 1 is 1.50 bits per heavy atom. The lowest BCUT2D eigenvalue weighted by atomic mass is 9.96. The number of benzene rings is 1. The minimum atomic E-state index is -1.01. The van der Waals surface area contributed by atoms with Crippen LogP contribution in [0.15, 0.2) is 6.07 Å². The average Bonchev–Trinajstić information content (AvgIpc) is 2.13. The van der Waals surface area contributed by atoms with Crippen LogP contribution in [0.2, 0.25) is 5.02 Å². The fourth-order valence-electron chi connectivity index (χ4n) is 1.72. The van der Waals surface area contributed by atoms with Crippen molar-refractivity contribution in [1.29, 1.82) is 0 Å². The number of phenolic OH excluding ortho intramolecular Hbond substituents is 1. The second kappa shape index (κ2) is 4.72. The van der Waals surface area contributed by atoms with Crippen molar-refractivity contribution in [3.8, 4) is 5.75 Å². The first kappa shape index (κ1) is 12.8. The number of hydrogen-bond acceptors (Lipinski definition) is 3. The number of carboxylic acid groups (broad SMARTS) is 1. The quantitative estimate of drug-likeness (QED) is 0.760. The molecule has 0 aliphatic carbocycles. The molecular formula is C11H14ClNO3. The van der Waals surface area contributed by atoms with Crippen LogP contribution in [0.5, 0.6) is 5.75 Å². The molecule has 0 bridgehead atoms. The summed E-state index contributed by atoms with van der Waals surface area (Å²) >= 11 is 5.88. The average molecular weight is 244 g/mol. The first-order valence-corrected chi connectivity index (χ1v) is 5.18. The van der Waals surface area contributed by atoms with E-state index in [1.807, 2.05) is 0 Å². The number of carbonyl (C=O) groups is 1. The van der Waals surface area contributed by atoms with Gasteiger partial charge in [-0.3, -0.25) is 4.79 Å². The molecule has 0 amide bonds. The number of nitrogens with two attached hydrogens (primary N) is 1. The molecule has 0 saturated heterocycles. The highest BCUT2D eigenvalue weighted by Gasteiger charge is 2.20. The normalized spacial score (nSPS) is 12.5. The van der Waals surface area contributed by atoms with E-state index in [1.165, 1.54) is 0 Å². The van der Waals surface area contributed by atoms with E-state index in [4.69, 9.17) is 22.4 Å². The zero-order chi connectivity index (χ0) is 12.5. The third kappa shape index (κ3) is 2.46. The Balaban J connectivity index is 3.23. The number of hydrogen-bond donors (Lipinski definition) is 3. The predicted molar refractivity (Wildman–Crippen MR) is 61.8 cm³/mol. The van der Waals surface area contributed by atoms with Gasteiger partial charge in [-0.25, -0.2) is 0 Å². The number of aliphatic carboxylic acids is 1. The molecule has 5 heteroatoms. The molecule has 0 aromatic heterocycles. The van der Waals surface area contributed by atoms with E-state index in [0.29, 0.717) is 5.56 Å². The van der Waals surface area contributed by atoms with Crippen LogP contribution in [-0.4, -0.2) is 16.2 Å². The van der Waals surface area contributed by atoms with E-state index in [-0.39, 0.29) is 17.2 Å². The lowest BCUT2D eigenvalue weighted by molar-refractivity contribution is -0.137. The molecule has 4 N–H and O–H groups in total. The van der Waals surface area contributed by atoms with E-state index in [0.717, 1.165) is 11.1 Å². The van der Waals surface area contributed by atoms with Gasteiger partial charge in [0, 0.05) is 11.6 Å². The molecule has 1 rings (SSSR count). The topological polar surface area (TPSA) is 83.6 Å². The Hall–Kier alpha value is -1.26. The van der Waals surface area contributed by atoms with Gasteiger partial charge in [0.2, 0.25) is 0 Å². The zero-order valence-corrected chi connectivity index (χ0v) is 9.88. The molecule has 0 aliphatic rings. The molecule has 0 saturated carbocycles. The smallest absolute Gasteiger partial charge is 0.305 e. The lowest BCUT2D eigenvalue weighted by Gasteiger charge is -2.16. The second-order valence-corrected chi connectivity index (χ2v) is 4.17. The van der Waals surface area contributed by atoms with Crippen LogP contribution in [0.4, 0.5) is 0 Å². The number of rotatable bonds is 3. The Morgan fingerprint density at radius 2 is 2.06 bits per heavy atom. The van der Waals surface area contributed by atoms with Crippen molar-refractivity contribution in [2.45, 2.75) is 26.3 Å². The Labute approximate surface area is 98.6 Å².